The van der Waals surface area contributed by atoms with Crippen molar-refractivity contribution in [1.29, 1.82) is 0 Å². The lowest BCUT2D eigenvalue weighted by Gasteiger charge is -2.28. The van der Waals surface area contributed by atoms with Gasteiger partial charge in [-0.05, 0) is 13.0 Å². The molecule has 0 fully saturated rings. The summed E-state index contributed by atoms with van der Waals surface area (Å²) in [6, 6.07) is 9.46. The van der Waals surface area contributed by atoms with Crippen molar-refractivity contribution in [3.05, 3.63) is 47.3 Å². The molecule has 1 aliphatic rings. The molecule has 0 bridgehead atoms. The molecule has 3 rings (SSSR count). The molecular formula is C16H19N3O3. The average Bonchev–Trinajstić information content (AvgIpc) is 2.92. The molecular weight excluding hydrogens is 282 g/mol. The Hall–Kier alpha value is -2.50. The van der Waals surface area contributed by atoms with Crippen molar-refractivity contribution in [2.24, 2.45) is 0 Å². The quantitative estimate of drug-likeness (QED) is 0.946. The van der Waals surface area contributed by atoms with Crippen LogP contribution < -0.4 is 10.1 Å². The van der Waals surface area contributed by atoms with Gasteiger partial charge in [-0.2, -0.15) is 0 Å². The summed E-state index contributed by atoms with van der Waals surface area (Å²) in [5, 5.41) is 6.95. The van der Waals surface area contributed by atoms with E-state index in [0.717, 1.165) is 29.2 Å². The number of nitrogens with one attached hydrogen (secondary N) is 1. The second-order valence-electron chi connectivity index (χ2n) is 5.46. The van der Waals surface area contributed by atoms with Crippen molar-refractivity contribution in [3.8, 4) is 5.75 Å². The van der Waals surface area contributed by atoms with Gasteiger partial charge in [-0.15, -0.1) is 0 Å². The fourth-order valence-corrected chi connectivity index (χ4v) is 2.56. The molecule has 0 radical (unpaired) electrons. The van der Waals surface area contributed by atoms with Crippen LogP contribution in [0.1, 0.15) is 29.5 Å². The SMILES string of the molecule is Cc1cc(CN(C)C(=O)NC2CCOc3ccccc32)no1. The van der Waals surface area contributed by atoms with E-state index in [1.807, 2.05) is 37.3 Å². The lowest BCUT2D eigenvalue weighted by molar-refractivity contribution is 0.193. The van der Waals surface area contributed by atoms with Gasteiger partial charge in [0.25, 0.3) is 0 Å². The molecule has 2 amide bonds. The van der Waals surface area contributed by atoms with E-state index in [9.17, 15) is 4.79 Å². The van der Waals surface area contributed by atoms with E-state index >= 15 is 0 Å². The van der Waals surface area contributed by atoms with Gasteiger partial charge < -0.3 is 19.5 Å². The Morgan fingerprint density at radius 2 is 2.27 bits per heavy atom. The van der Waals surface area contributed by atoms with Crippen molar-refractivity contribution in [1.82, 2.24) is 15.4 Å². The zero-order valence-corrected chi connectivity index (χ0v) is 12.7. The molecule has 2 aromatic rings. The van der Waals surface area contributed by atoms with Gasteiger partial charge in [0.1, 0.15) is 17.2 Å². The second-order valence-corrected chi connectivity index (χ2v) is 5.46. The van der Waals surface area contributed by atoms with Crippen molar-refractivity contribution in [2.45, 2.75) is 25.9 Å². The molecule has 1 aromatic heterocycles. The van der Waals surface area contributed by atoms with Crippen LogP contribution in [0.15, 0.2) is 34.9 Å². The summed E-state index contributed by atoms with van der Waals surface area (Å²) in [4.78, 5) is 13.9. The van der Waals surface area contributed by atoms with Crippen LogP contribution >= 0.6 is 0 Å². The minimum Gasteiger partial charge on any atom is -0.493 e. The maximum atomic E-state index is 12.3. The van der Waals surface area contributed by atoms with Crippen LogP contribution in [0.4, 0.5) is 4.79 Å². The highest BCUT2D eigenvalue weighted by molar-refractivity contribution is 5.74. The zero-order chi connectivity index (χ0) is 15.5. The fraction of sp³-hybridized carbons (Fsp3) is 0.375. The molecule has 1 unspecified atom stereocenters. The topological polar surface area (TPSA) is 67.6 Å². The van der Waals surface area contributed by atoms with E-state index in [1.54, 1.807) is 11.9 Å². The summed E-state index contributed by atoms with van der Waals surface area (Å²) in [6.45, 7) is 2.84. The minimum atomic E-state index is -0.137. The monoisotopic (exact) mass is 301 g/mol. The van der Waals surface area contributed by atoms with Crippen LogP contribution in [-0.2, 0) is 6.54 Å². The Labute approximate surface area is 129 Å². The van der Waals surface area contributed by atoms with Gasteiger partial charge in [0.15, 0.2) is 0 Å². The number of aromatic nitrogens is 1. The third-order valence-corrected chi connectivity index (χ3v) is 3.68. The summed E-state index contributed by atoms with van der Waals surface area (Å²) in [5.74, 6) is 1.58. The van der Waals surface area contributed by atoms with E-state index in [0.29, 0.717) is 13.2 Å². The number of carbonyl (C=O) groups is 1. The molecule has 6 nitrogen and oxygen atoms in total. The third kappa shape index (κ3) is 3.05. The van der Waals surface area contributed by atoms with Gasteiger partial charge in [0.2, 0.25) is 0 Å². The summed E-state index contributed by atoms with van der Waals surface area (Å²) in [6.07, 6.45) is 0.764. The molecule has 0 aliphatic carbocycles. The number of urea groups is 1. The standard InChI is InChI=1S/C16H19N3O3/c1-11-9-12(18-22-11)10-19(2)16(20)17-14-7-8-21-15-6-4-3-5-13(14)15/h3-6,9,14H,7-8,10H2,1-2H3,(H,17,20). The highest BCUT2D eigenvalue weighted by Gasteiger charge is 2.24. The minimum absolute atomic E-state index is 0.0288. The summed E-state index contributed by atoms with van der Waals surface area (Å²) in [7, 11) is 1.74. The van der Waals surface area contributed by atoms with Crippen molar-refractivity contribution in [3.63, 3.8) is 0 Å². The van der Waals surface area contributed by atoms with Crippen LogP contribution in [0.2, 0.25) is 0 Å². The maximum Gasteiger partial charge on any atom is 0.317 e. The van der Waals surface area contributed by atoms with Gasteiger partial charge in [0.05, 0.1) is 19.2 Å². The molecule has 0 saturated carbocycles. The first-order chi connectivity index (χ1) is 10.6. The molecule has 6 heteroatoms. The predicted octanol–water partition coefficient (Wildman–Crippen LogP) is 2.65. The van der Waals surface area contributed by atoms with Gasteiger partial charge >= 0.3 is 6.03 Å². The van der Waals surface area contributed by atoms with Crippen LogP contribution in [0.3, 0.4) is 0 Å². The van der Waals surface area contributed by atoms with Gasteiger partial charge in [-0.3, -0.25) is 0 Å². The van der Waals surface area contributed by atoms with Crippen LogP contribution in [0.5, 0.6) is 5.75 Å². The van der Waals surface area contributed by atoms with Crippen LogP contribution in [-0.4, -0.2) is 29.7 Å². The number of amides is 2. The van der Waals surface area contributed by atoms with Crippen molar-refractivity contribution < 1.29 is 14.1 Å². The molecule has 2 heterocycles. The summed E-state index contributed by atoms with van der Waals surface area (Å²) in [5.41, 5.74) is 1.76. The number of aryl methyl sites for hydroxylation is 1. The number of para-hydroxylation sites is 1. The smallest absolute Gasteiger partial charge is 0.317 e. The molecule has 1 atom stereocenters. The number of hydrogen-bond donors (Lipinski definition) is 1. The number of hydrogen-bond acceptors (Lipinski definition) is 4. The Balaban J connectivity index is 1.64. The van der Waals surface area contributed by atoms with Gasteiger partial charge in [-0.1, -0.05) is 23.4 Å². The molecule has 1 N–H and O–H groups in total. The molecule has 1 aliphatic heterocycles. The fourth-order valence-electron chi connectivity index (χ4n) is 2.56. The summed E-state index contributed by atoms with van der Waals surface area (Å²) < 4.78 is 10.6. The Morgan fingerprint density at radius 1 is 1.45 bits per heavy atom. The number of nitrogens with zero attached hydrogens (tertiary/aromatic N) is 2. The molecule has 1 aromatic carbocycles. The third-order valence-electron chi connectivity index (χ3n) is 3.68. The van der Waals surface area contributed by atoms with Gasteiger partial charge in [0, 0.05) is 25.1 Å². The first-order valence-electron chi connectivity index (χ1n) is 7.29. The van der Waals surface area contributed by atoms with Crippen molar-refractivity contribution >= 4 is 6.03 Å². The first-order valence-corrected chi connectivity index (χ1v) is 7.29. The number of rotatable bonds is 3. The van der Waals surface area contributed by atoms with Crippen LogP contribution in [0.25, 0.3) is 0 Å². The summed E-state index contributed by atoms with van der Waals surface area (Å²) >= 11 is 0. The molecule has 22 heavy (non-hydrogen) atoms. The van der Waals surface area contributed by atoms with Gasteiger partial charge in [-0.25, -0.2) is 4.79 Å². The average molecular weight is 301 g/mol. The molecule has 0 spiro atoms. The van der Waals surface area contributed by atoms with Crippen molar-refractivity contribution in [2.75, 3.05) is 13.7 Å². The largest absolute Gasteiger partial charge is 0.493 e. The Kier molecular flexibility index (Phi) is 4.00. The highest BCUT2D eigenvalue weighted by atomic mass is 16.5. The number of ether oxygens (including phenoxy) is 1. The number of benzene rings is 1. The maximum absolute atomic E-state index is 12.3. The van der Waals surface area contributed by atoms with E-state index in [4.69, 9.17) is 9.26 Å². The highest BCUT2D eigenvalue weighted by Crippen LogP contribution is 2.31. The lowest BCUT2D eigenvalue weighted by atomic mass is 10.0. The molecule has 116 valence electrons. The predicted molar refractivity (Wildman–Crippen MR) is 80.5 cm³/mol. The lowest BCUT2D eigenvalue weighted by Crippen LogP contribution is -2.40. The normalized spacial score (nSPS) is 16.5. The first kappa shape index (κ1) is 14.4. The number of fused-ring (bicyclic) bond motifs is 1. The second kappa shape index (κ2) is 6.09. The van der Waals surface area contributed by atoms with E-state index in [-0.39, 0.29) is 12.1 Å². The molecule has 0 saturated heterocycles. The Bertz CT molecular complexity index is 668. The zero-order valence-electron chi connectivity index (χ0n) is 12.7. The van der Waals surface area contributed by atoms with E-state index in [2.05, 4.69) is 10.5 Å². The van der Waals surface area contributed by atoms with Crippen LogP contribution in [0, 0.1) is 6.92 Å². The van der Waals surface area contributed by atoms with E-state index < -0.39 is 0 Å². The number of carbonyl (C=O) groups excluding carboxylic acids is 1. The van der Waals surface area contributed by atoms with E-state index in [1.165, 1.54) is 0 Å². The Morgan fingerprint density at radius 3 is 3.05 bits per heavy atom.